The first-order valence-corrected chi connectivity index (χ1v) is 7.25. The van der Waals surface area contributed by atoms with Crippen molar-refractivity contribution in [2.75, 3.05) is 0 Å². The van der Waals surface area contributed by atoms with Crippen molar-refractivity contribution >= 4 is 5.91 Å². The van der Waals surface area contributed by atoms with Crippen LogP contribution in [0.15, 0.2) is 36.7 Å². The summed E-state index contributed by atoms with van der Waals surface area (Å²) < 4.78 is 26.6. The fourth-order valence-electron chi connectivity index (χ4n) is 2.45. The van der Waals surface area contributed by atoms with Crippen LogP contribution < -0.4 is 5.32 Å². The summed E-state index contributed by atoms with van der Waals surface area (Å²) in [7, 11) is 0. The second kappa shape index (κ2) is 5.83. The monoisotopic (exact) mass is 302 g/mol. The summed E-state index contributed by atoms with van der Waals surface area (Å²) >= 11 is 0. The van der Waals surface area contributed by atoms with Gasteiger partial charge in [0.2, 0.25) is 0 Å². The molecule has 1 aliphatic carbocycles. The third-order valence-corrected chi connectivity index (χ3v) is 3.88. The Morgan fingerprint density at radius 1 is 1.14 bits per heavy atom. The molecule has 2 aromatic rings. The molecular formula is C17H16F2N2O. The first-order chi connectivity index (χ1) is 10.5. The smallest absolute Gasteiger partial charge is 0.253 e. The van der Waals surface area contributed by atoms with Gasteiger partial charge < -0.3 is 5.32 Å². The van der Waals surface area contributed by atoms with Crippen molar-refractivity contribution in [3.05, 3.63) is 53.9 Å². The van der Waals surface area contributed by atoms with Crippen LogP contribution in [0.2, 0.25) is 0 Å². The zero-order valence-corrected chi connectivity index (χ0v) is 12.1. The van der Waals surface area contributed by atoms with E-state index in [-0.39, 0.29) is 11.9 Å². The summed E-state index contributed by atoms with van der Waals surface area (Å²) in [6, 6.07) is 4.97. The van der Waals surface area contributed by atoms with Crippen LogP contribution in [0.5, 0.6) is 0 Å². The molecule has 1 aromatic carbocycles. The molecule has 1 atom stereocenters. The molecule has 3 nitrogen and oxygen atoms in total. The van der Waals surface area contributed by atoms with Crippen LogP contribution in [0.4, 0.5) is 8.78 Å². The van der Waals surface area contributed by atoms with Crippen LogP contribution in [-0.4, -0.2) is 16.9 Å². The Kier molecular flexibility index (Phi) is 3.88. The highest BCUT2D eigenvalue weighted by molar-refractivity contribution is 5.95. The van der Waals surface area contributed by atoms with Gasteiger partial charge in [-0.05, 0) is 49.4 Å². The first-order valence-electron chi connectivity index (χ1n) is 7.25. The Balaban J connectivity index is 1.83. The number of benzene rings is 1. The van der Waals surface area contributed by atoms with Crippen molar-refractivity contribution in [2.45, 2.75) is 25.8 Å². The topological polar surface area (TPSA) is 42.0 Å². The number of nitrogens with one attached hydrogen (secondary N) is 1. The Hall–Kier alpha value is -2.30. The minimum atomic E-state index is -0.660. The minimum absolute atomic E-state index is 0.128. The van der Waals surface area contributed by atoms with Crippen LogP contribution >= 0.6 is 0 Å². The molecule has 3 rings (SSSR count). The lowest BCUT2D eigenvalue weighted by atomic mass is 10.1. The van der Waals surface area contributed by atoms with Gasteiger partial charge in [-0.25, -0.2) is 8.78 Å². The van der Waals surface area contributed by atoms with Crippen LogP contribution in [-0.2, 0) is 0 Å². The van der Waals surface area contributed by atoms with Crippen molar-refractivity contribution in [1.29, 1.82) is 0 Å². The molecule has 1 amide bonds. The van der Waals surface area contributed by atoms with E-state index < -0.39 is 11.6 Å². The Labute approximate surface area is 127 Å². The Morgan fingerprint density at radius 2 is 1.82 bits per heavy atom. The quantitative estimate of drug-likeness (QED) is 0.938. The van der Waals surface area contributed by atoms with E-state index in [1.54, 1.807) is 6.07 Å². The lowest BCUT2D eigenvalue weighted by Crippen LogP contribution is -2.34. The van der Waals surface area contributed by atoms with E-state index in [0.29, 0.717) is 22.6 Å². The molecule has 1 aliphatic rings. The molecule has 0 spiro atoms. The van der Waals surface area contributed by atoms with Crippen molar-refractivity contribution in [3.63, 3.8) is 0 Å². The fraction of sp³-hybridized carbons (Fsp3) is 0.294. The van der Waals surface area contributed by atoms with Gasteiger partial charge in [-0.15, -0.1) is 0 Å². The van der Waals surface area contributed by atoms with Gasteiger partial charge in [0.1, 0.15) is 11.6 Å². The molecule has 0 bridgehead atoms. The molecular weight excluding hydrogens is 286 g/mol. The number of rotatable bonds is 4. The maximum atomic E-state index is 13.3. The van der Waals surface area contributed by atoms with Gasteiger partial charge >= 0.3 is 0 Å². The van der Waals surface area contributed by atoms with Gasteiger partial charge in [-0.2, -0.15) is 0 Å². The number of amides is 1. The molecule has 1 fully saturated rings. The average Bonchev–Trinajstić information content (AvgIpc) is 3.31. The highest BCUT2D eigenvalue weighted by Gasteiger charge is 2.29. The van der Waals surface area contributed by atoms with Gasteiger partial charge in [0.15, 0.2) is 0 Å². The van der Waals surface area contributed by atoms with E-state index in [1.807, 2.05) is 6.92 Å². The summed E-state index contributed by atoms with van der Waals surface area (Å²) in [4.78, 5) is 16.2. The number of carbonyl (C=O) groups is 1. The molecule has 0 saturated heterocycles. The zero-order chi connectivity index (χ0) is 15.7. The molecule has 1 aromatic heterocycles. The number of nitrogens with zero attached hydrogens (tertiary/aromatic N) is 1. The third kappa shape index (κ3) is 3.30. The summed E-state index contributed by atoms with van der Waals surface area (Å²) in [5.74, 6) is -0.984. The second-order valence-corrected chi connectivity index (χ2v) is 5.72. The van der Waals surface area contributed by atoms with Gasteiger partial charge in [-0.3, -0.25) is 9.78 Å². The zero-order valence-electron chi connectivity index (χ0n) is 12.1. The summed E-state index contributed by atoms with van der Waals surface area (Å²) in [5.41, 5.74) is 1.25. The van der Waals surface area contributed by atoms with Crippen LogP contribution in [0.1, 0.15) is 30.1 Å². The maximum Gasteiger partial charge on any atom is 0.253 e. The molecule has 5 heteroatoms. The minimum Gasteiger partial charge on any atom is -0.349 e. The van der Waals surface area contributed by atoms with Crippen molar-refractivity contribution < 1.29 is 13.6 Å². The van der Waals surface area contributed by atoms with E-state index >= 15 is 0 Å². The fourth-order valence-corrected chi connectivity index (χ4v) is 2.45. The molecule has 1 saturated carbocycles. The lowest BCUT2D eigenvalue weighted by molar-refractivity contribution is 0.0935. The largest absolute Gasteiger partial charge is 0.349 e. The number of aromatic nitrogens is 1. The molecule has 1 heterocycles. The van der Waals surface area contributed by atoms with Crippen LogP contribution in [0.25, 0.3) is 11.1 Å². The molecule has 1 N–H and O–H groups in total. The summed E-state index contributed by atoms with van der Waals surface area (Å²) in [5, 5.41) is 2.93. The second-order valence-electron chi connectivity index (χ2n) is 5.72. The molecule has 0 radical (unpaired) electrons. The van der Waals surface area contributed by atoms with Gasteiger partial charge in [0.05, 0.1) is 5.56 Å². The van der Waals surface area contributed by atoms with Gasteiger partial charge in [0.25, 0.3) is 5.91 Å². The molecule has 0 aliphatic heterocycles. The highest BCUT2D eigenvalue weighted by Crippen LogP contribution is 2.32. The van der Waals surface area contributed by atoms with E-state index in [9.17, 15) is 13.6 Å². The van der Waals surface area contributed by atoms with Crippen LogP contribution in [0.3, 0.4) is 0 Å². The van der Waals surface area contributed by atoms with Crippen molar-refractivity contribution in [2.24, 2.45) is 5.92 Å². The number of halogens is 2. The molecule has 114 valence electrons. The number of hydrogen-bond acceptors (Lipinski definition) is 2. The number of hydrogen-bond donors (Lipinski definition) is 1. The van der Waals surface area contributed by atoms with Crippen LogP contribution in [0, 0.1) is 17.6 Å². The maximum absolute atomic E-state index is 13.3. The van der Waals surface area contributed by atoms with E-state index in [4.69, 9.17) is 0 Å². The number of pyridine rings is 1. The average molecular weight is 302 g/mol. The van der Waals surface area contributed by atoms with Crippen molar-refractivity contribution in [1.82, 2.24) is 10.3 Å². The summed E-state index contributed by atoms with van der Waals surface area (Å²) in [6.45, 7) is 1.98. The standard InChI is InChI=1S/C17H16F2N2O/c1-10(11-2-3-11)21-17(22)14-4-13(8-20-9-14)12-5-15(18)7-16(19)6-12/h4-11H,2-3H2,1H3,(H,21,22)/t10-/m1/s1. The molecule has 0 unspecified atom stereocenters. The van der Waals surface area contributed by atoms with E-state index in [1.165, 1.54) is 24.5 Å². The van der Waals surface area contributed by atoms with Crippen molar-refractivity contribution in [3.8, 4) is 11.1 Å². The Morgan fingerprint density at radius 3 is 2.45 bits per heavy atom. The highest BCUT2D eigenvalue weighted by atomic mass is 19.1. The number of carbonyl (C=O) groups excluding carboxylic acids is 1. The normalized spacial score (nSPS) is 15.4. The van der Waals surface area contributed by atoms with Gasteiger partial charge in [-0.1, -0.05) is 0 Å². The SMILES string of the molecule is C[C@@H](NC(=O)c1cncc(-c2cc(F)cc(F)c2)c1)C1CC1. The Bertz CT molecular complexity index is 693. The molecule has 22 heavy (non-hydrogen) atoms. The first kappa shape index (κ1) is 14.6. The van der Waals surface area contributed by atoms with E-state index in [0.717, 1.165) is 18.9 Å². The predicted molar refractivity (Wildman–Crippen MR) is 79.2 cm³/mol. The predicted octanol–water partition coefficient (Wildman–Crippen LogP) is 3.56. The third-order valence-electron chi connectivity index (χ3n) is 3.88. The van der Waals surface area contributed by atoms with E-state index in [2.05, 4.69) is 10.3 Å². The van der Waals surface area contributed by atoms with Gasteiger partial charge in [0, 0.05) is 30.1 Å². The summed E-state index contributed by atoms with van der Waals surface area (Å²) in [6.07, 6.45) is 5.22. The lowest BCUT2D eigenvalue weighted by Gasteiger charge is -2.13.